The molecule has 2 heterocycles. The smallest absolute Gasteiger partial charge is 0.262 e. The number of anilines is 1. The predicted molar refractivity (Wildman–Crippen MR) is 98.6 cm³/mol. The number of carbonyl (C=O) groups excluding carboxylic acids is 1. The van der Waals surface area contributed by atoms with E-state index in [9.17, 15) is 4.79 Å². The first-order chi connectivity index (χ1) is 11.8. The van der Waals surface area contributed by atoms with Crippen LogP contribution in [-0.2, 0) is 11.8 Å². The number of aryl methyl sites for hydroxylation is 3. The average Bonchev–Trinajstić information content (AvgIpc) is 2.85. The zero-order valence-electron chi connectivity index (χ0n) is 13.9. The van der Waals surface area contributed by atoms with E-state index < -0.39 is 0 Å². The van der Waals surface area contributed by atoms with Crippen LogP contribution in [0, 0.1) is 13.8 Å². The van der Waals surface area contributed by atoms with Crippen molar-refractivity contribution < 1.29 is 9.53 Å². The molecule has 0 radical (unpaired) electrons. The van der Waals surface area contributed by atoms with Gasteiger partial charge in [-0.25, -0.2) is 9.67 Å². The Morgan fingerprint density at radius 3 is 2.72 bits per heavy atom. The molecule has 6 nitrogen and oxygen atoms in total. The van der Waals surface area contributed by atoms with Crippen LogP contribution in [0.5, 0.6) is 5.88 Å². The molecule has 0 saturated heterocycles. The van der Waals surface area contributed by atoms with E-state index in [1.54, 1.807) is 29.9 Å². The van der Waals surface area contributed by atoms with Gasteiger partial charge in [-0.05, 0) is 43.7 Å². The number of halogens is 2. The molecule has 1 amide bonds. The molecule has 8 heteroatoms. The maximum atomic E-state index is 12.1. The maximum Gasteiger partial charge on any atom is 0.262 e. The van der Waals surface area contributed by atoms with Crippen LogP contribution in [0.25, 0.3) is 11.0 Å². The van der Waals surface area contributed by atoms with Crippen LogP contribution < -0.4 is 10.1 Å². The lowest BCUT2D eigenvalue weighted by molar-refractivity contribution is -0.118. The zero-order valence-corrected chi connectivity index (χ0v) is 15.4. The molecule has 0 aliphatic heterocycles. The predicted octanol–water partition coefficient (Wildman–Crippen LogP) is 3.91. The molecule has 0 unspecified atom stereocenters. The summed E-state index contributed by atoms with van der Waals surface area (Å²) in [5.41, 5.74) is 3.16. The fourth-order valence-electron chi connectivity index (χ4n) is 2.56. The summed E-state index contributed by atoms with van der Waals surface area (Å²) < 4.78 is 7.25. The van der Waals surface area contributed by atoms with E-state index in [-0.39, 0.29) is 12.5 Å². The van der Waals surface area contributed by atoms with Crippen molar-refractivity contribution in [1.82, 2.24) is 14.8 Å². The minimum Gasteiger partial charge on any atom is -0.466 e. The van der Waals surface area contributed by atoms with Crippen LogP contribution in [0.2, 0.25) is 10.0 Å². The molecule has 2 aromatic heterocycles. The zero-order chi connectivity index (χ0) is 18.1. The summed E-state index contributed by atoms with van der Waals surface area (Å²) in [6.07, 6.45) is 0. The first-order valence-corrected chi connectivity index (χ1v) is 8.29. The van der Waals surface area contributed by atoms with Gasteiger partial charge in [0.2, 0.25) is 5.88 Å². The van der Waals surface area contributed by atoms with Crippen LogP contribution in [0.4, 0.5) is 5.69 Å². The van der Waals surface area contributed by atoms with Crippen molar-refractivity contribution in [2.45, 2.75) is 13.8 Å². The third kappa shape index (κ3) is 3.70. The van der Waals surface area contributed by atoms with Gasteiger partial charge in [-0.1, -0.05) is 23.2 Å². The summed E-state index contributed by atoms with van der Waals surface area (Å²) in [6, 6.07) is 6.81. The average molecular weight is 379 g/mol. The Morgan fingerprint density at radius 1 is 1.24 bits per heavy atom. The Balaban J connectivity index is 1.74. The normalized spacial score (nSPS) is 10.9. The summed E-state index contributed by atoms with van der Waals surface area (Å²) in [7, 11) is 1.79. The largest absolute Gasteiger partial charge is 0.466 e. The van der Waals surface area contributed by atoms with Crippen LogP contribution in [0.15, 0.2) is 24.3 Å². The van der Waals surface area contributed by atoms with E-state index in [2.05, 4.69) is 15.4 Å². The van der Waals surface area contributed by atoms with Crippen LogP contribution >= 0.6 is 23.2 Å². The highest BCUT2D eigenvalue weighted by Gasteiger charge is 2.15. The molecular formula is C17H16Cl2N4O2. The van der Waals surface area contributed by atoms with Gasteiger partial charge in [0.25, 0.3) is 5.91 Å². The van der Waals surface area contributed by atoms with Crippen molar-refractivity contribution in [3.05, 3.63) is 45.6 Å². The van der Waals surface area contributed by atoms with Crippen molar-refractivity contribution in [2.24, 2.45) is 7.05 Å². The fourth-order valence-corrected chi connectivity index (χ4v) is 2.85. The van der Waals surface area contributed by atoms with Crippen molar-refractivity contribution in [1.29, 1.82) is 0 Å². The van der Waals surface area contributed by atoms with Crippen LogP contribution in [0.1, 0.15) is 11.3 Å². The highest BCUT2D eigenvalue weighted by molar-refractivity contribution is 6.42. The van der Waals surface area contributed by atoms with Crippen LogP contribution in [-0.4, -0.2) is 27.3 Å². The molecule has 1 aromatic carbocycles. The molecule has 0 bridgehead atoms. The Hall–Kier alpha value is -2.31. The van der Waals surface area contributed by atoms with E-state index in [4.69, 9.17) is 27.9 Å². The number of pyridine rings is 1. The van der Waals surface area contributed by atoms with Gasteiger partial charge < -0.3 is 10.1 Å². The summed E-state index contributed by atoms with van der Waals surface area (Å²) in [6.45, 7) is 3.70. The van der Waals surface area contributed by atoms with Crippen molar-refractivity contribution >= 4 is 45.8 Å². The molecule has 1 N–H and O–H groups in total. The van der Waals surface area contributed by atoms with Gasteiger partial charge in [0, 0.05) is 18.4 Å². The Morgan fingerprint density at radius 2 is 2.00 bits per heavy atom. The molecule has 3 rings (SSSR count). The van der Waals surface area contributed by atoms with Crippen LogP contribution in [0.3, 0.4) is 0 Å². The number of nitrogens with zero attached hydrogens (tertiary/aromatic N) is 3. The maximum absolute atomic E-state index is 12.1. The minimum absolute atomic E-state index is 0.181. The molecule has 0 aliphatic rings. The van der Waals surface area contributed by atoms with E-state index in [0.29, 0.717) is 21.6 Å². The van der Waals surface area contributed by atoms with Crippen molar-refractivity contribution in [3.63, 3.8) is 0 Å². The standard InChI is InChI=1S/C17H16Cl2N4O2/c1-9-6-10(2)20-16-15(9)17(22-23(16)3)25-8-14(24)21-11-4-5-12(18)13(19)7-11/h4-7H,8H2,1-3H3,(H,21,24). The summed E-state index contributed by atoms with van der Waals surface area (Å²) >= 11 is 11.8. The van der Waals surface area contributed by atoms with Gasteiger partial charge in [-0.15, -0.1) is 5.10 Å². The molecule has 0 aliphatic carbocycles. The SMILES string of the molecule is Cc1cc(C)c2c(OCC(=O)Nc3ccc(Cl)c(Cl)c3)nn(C)c2n1. The third-order valence-corrected chi connectivity index (χ3v) is 4.37. The van der Waals surface area contributed by atoms with Gasteiger partial charge >= 0.3 is 0 Å². The van der Waals surface area contributed by atoms with Crippen molar-refractivity contribution in [3.8, 4) is 5.88 Å². The number of fused-ring (bicyclic) bond motifs is 1. The molecular weight excluding hydrogens is 363 g/mol. The first kappa shape index (κ1) is 17.5. The lowest BCUT2D eigenvalue weighted by Crippen LogP contribution is -2.20. The van der Waals surface area contributed by atoms with E-state index in [1.807, 2.05) is 19.9 Å². The van der Waals surface area contributed by atoms with E-state index >= 15 is 0 Å². The molecule has 0 atom stereocenters. The third-order valence-electron chi connectivity index (χ3n) is 3.63. The van der Waals surface area contributed by atoms with Gasteiger partial charge in [0.05, 0.1) is 15.4 Å². The lowest BCUT2D eigenvalue weighted by atomic mass is 10.2. The van der Waals surface area contributed by atoms with Crippen molar-refractivity contribution in [2.75, 3.05) is 11.9 Å². The molecule has 0 spiro atoms. The van der Waals surface area contributed by atoms with Gasteiger partial charge in [0.15, 0.2) is 12.3 Å². The monoisotopic (exact) mass is 378 g/mol. The number of hydrogen-bond acceptors (Lipinski definition) is 4. The highest BCUT2D eigenvalue weighted by Crippen LogP contribution is 2.27. The summed E-state index contributed by atoms with van der Waals surface area (Å²) in [5.74, 6) is 0.0571. The summed E-state index contributed by atoms with van der Waals surface area (Å²) in [4.78, 5) is 16.6. The number of amides is 1. The Kier molecular flexibility index (Phi) is 4.83. The number of carbonyl (C=O) groups is 1. The topological polar surface area (TPSA) is 69.0 Å². The van der Waals surface area contributed by atoms with Gasteiger partial charge in [-0.2, -0.15) is 0 Å². The molecule has 0 saturated carbocycles. The Bertz CT molecular complexity index is 969. The number of hydrogen-bond donors (Lipinski definition) is 1. The number of rotatable bonds is 4. The number of nitrogens with one attached hydrogen (secondary N) is 1. The second-order valence-electron chi connectivity index (χ2n) is 5.67. The second kappa shape index (κ2) is 6.90. The number of aromatic nitrogens is 3. The van der Waals surface area contributed by atoms with E-state index in [0.717, 1.165) is 22.3 Å². The molecule has 25 heavy (non-hydrogen) atoms. The second-order valence-corrected chi connectivity index (χ2v) is 6.49. The molecule has 3 aromatic rings. The van der Waals surface area contributed by atoms with Gasteiger partial charge in [0.1, 0.15) is 0 Å². The first-order valence-electron chi connectivity index (χ1n) is 7.54. The van der Waals surface area contributed by atoms with E-state index in [1.165, 1.54) is 0 Å². The Labute approximate surface area is 154 Å². The summed E-state index contributed by atoms with van der Waals surface area (Å²) in [5, 5.41) is 8.61. The lowest BCUT2D eigenvalue weighted by Gasteiger charge is -2.07. The fraction of sp³-hybridized carbons (Fsp3) is 0.235. The molecule has 130 valence electrons. The van der Waals surface area contributed by atoms with Gasteiger partial charge in [-0.3, -0.25) is 4.79 Å². The molecule has 0 fully saturated rings. The quantitative estimate of drug-likeness (QED) is 0.746. The highest BCUT2D eigenvalue weighted by atomic mass is 35.5. The number of ether oxygens (including phenoxy) is 1. The minimum atomic E-state index is -0.324. The number of benzene rings is 1.